The molecule has 0 unspecified atom stereocenters. The van der Waals surface area contributed by atoms with Gasteiger partial charge in [0.05, 0.1) is 18.9 Å². The Morgan fingerprint density at radius 2 is 1.39 bits per heavy atom. The maximum absolute atomic E-state index is 5.88. The summed E-state index contributed by atoms with van der Waals surface area (Å²) in [7, 11) is 0. The fourth-order valence-electron chi connectivity index (χ4n) is 3.74. The maximum Gasteiger partial charge on any atom is 0.132 e. The predicted molar refractivity (Wildman–Crippen MR) is 137 cm³/mol. The third kappa shape index (κ3) is 5.53. The summed E-state index contributed by atoms with van der Waals surface area (Å²) < 4.78 is 11.5. The van der Waals surface area contributed by atoms with Gasteiger partial charge in [0.15, 0.2) is 0 Å². The molecule has 0 saturated carbocycles. The lowest BCUT2D eigenvalue weighted by Gasteiger charge is -2.13. The van der Waals surface area contributed by atoms with Gasteiger partial charge in [0.1, 0.15) is 11.5 Å². The SMILES string of the molecule is CCOc1ccc(-c2cc(-c3ccc(Nc4ccc(CC)cc4)cc3)ccn2)c(OCC)c1. The van der Waals surface area contributed by atoms with Gasteiger partial charge in [0.25, 0.3) is 0 Å². The Hall–Kier alpha value is -3.79. The number of pyridine rings is 1. The predicted octanol–water partition coefficient (Wildman–Crippen LogP) is 7.52. The van der Waals surface area contributed by atoms with Crippen LogP contribution in [-0.2, 0) is 6.42 Å². The average molecular weight is 439 g/mol. The molecule has 0 aliphatic heterocycles. The zero-order chi connectivity index (χ0) is 23.0. The molecule has 0 atom stereocenters. The summed E-state index contributed by atoms with van der Waals surface area (Å²) in [5.41, 5.74) is 7.55. The number of nitrogens with one attached hydrogen (secondary N) is 1. The van der Waals surface area contributed by atoms with Gasteiger partial charge in [-0.3, -0.25) is 4.98 Å². The van der Waals surface area contributed by atoms with Crippen LogP contribution in [0.5, 0.6) is 11.5 Å². The van der Waals surface area contributed by atoms with E-state index in [2.05, 4.69) is 71.8 Å². The molecule has 0 amide bonds. The number of benzene rings is 3. The van der Waals surface area contributed by atoms with Crippen molar-refractivity contribution < 1.29 is 9.47 Å². The fraction of sp³-hybridized carbons (Fsp3) is 0.207. The van der Waals surface area contributed by atoms with Crippen LogP contribution in [0.15, 0.2) is 85.1 Å². The Bertz CT molecular complexity index is 1190. The lowest BCUT2D eigenvalue weighted by atomic mass is 10.0. The van der Waals surface area contributed by atoms with Gasteiger partial charge in [-0.05, 0) is 85.5 Å². The van der Waals surface area contributed by atoms with Gasteiger partial charge in [0, 0.05) is 29.2 Å². The molecule has 4 nitrogen and oxygen atoms in total. The Morgan fingerprint density at radius 3 is 2.06 bits per heavy atom. The molecule has 4 heteroatoms. The minimum Gasteiger partial charge on any atom is -0.494 e. The second-order valence-corrected chi connectivity index (χ2v) is 7.71. The van der Waals surface area contributed by atoms with Crippen LogP contribution in [0.3, 0.4) is 0 Å². The van der Waals surface area contributed by atoms with Gasteiger partial charge in [0.2, 0.25) is 0 Å². The van der Waals surface area contributed by atoms with E-state index in [1.165, 1.54) is 5.56 Å². The fourth-order valence-corrected chi connectivity index (χ4v) is 3.74. The van der Waals surface area contributed by atoms with Gasteiger partial charge < -0.3 is 14.8 Å². The highest BCUT2D eigenvalue weighted by Crippen LogP contribution is 2.34. The molecule has 33 heavy (non-hydrogen) atoms. The van der Waals surface area contributed by atoms with E-state index in [0.29, 0.717) is 13.2 Å². The van der Waals surface area contributed by atoms with Gasteiger partial charge in [-0.2, -0.15) is 0 Å². The lowest BCUT2D eigenvalue weighted by molar-refractivity contribution is 0.324. The topological polar surface area (TPSA) is 43.4 Å². The van der Waals surface area contributed by atoms with Gasteiger partial charge >= 0.3 is 0 Å². The quantitative estimate of drug-likeness (QED) is 0.293. The molecule has 3 aromatic carbocycles. The minimum atomic E-state index is 0.581. The van der Waals surface area contributed by atoms with Crippen molar-refractivity contribution in [2.75, 3.05) is 18.5 Å². The van der Waals surface area contributed by atoms with Crippen LogP contribution in [0.25, 0.3) is 22.4 Å². The highest BCUT2D eigenvalue weighted by atomic mass is 16.5. The summed E-state index contributed by atoms with van der Waals surface area (Å²) in [6.45, 7) is 7.32. The molecule has 1 aromatic heterocycles. The summed E-state index contributed by atoms with van der Waals surface area (Å²) in [6.07, 6.45) is 2.89. The Balaban J connectivity index is 1.56. The van der Waals surface area contributed by atoms with Crippen molar-refractivity contribution in [3.8, 4) is 33.9 Å². The highest BCUT2D eigenvalue weighted by molar-refractivity contribution is 5.75. The first kappa shape index (κ1) is 22.4. The van der Waals surface area contributed by atoms with Gasteiger partial charge in [-0.25, -0.2) is 0 Å². The van der Waals surface area contributed by atoms with E-state index in [0.717, 1.165) is 51.7 Å². The maximum atomic E-state index is 5.88. The summed E-state index contributed by atoms with van der Waals surface area (Å²) in [6, 6.07) is 27.1. The van der Waals surface area contributed by atoms with E-state index < -0.39 is 0 Å². The van der Waals surface area contributed by atoms with Crippen molar-refractivity contribution >= 4 is 11.4 Å². The van der Waals surface area contributed by atoms with Crippen molar-refractivity contribution in [1.82, 2.24) is 4.98 Å². The van der Waals surface area contributed by atoms with Crippen LogP contribution in [-0.4, -0.2) is 18.2 Å². The second kappa shape index (κ2) is 10.7. The molecule has 4 aromatic rings. The van der Waals surface area contributed by atoms with Crippen LogP contribution in [0.2, 0.25) is 0 Å². The van der Waals surface area contributed by atoms with Gasteiger partial charge in [-0.15, -0.1) is 0 Å². The smallest absolute Gasteiger partial charge is 0.132 e. The first-order valence-corrected chi connectivity index (χ1v) is 11.5. The van der Waals surface area contributed by atoms with Gasteiger partial charge in [-0.1, -0.05) is 31.2 Å². The average Bonchev–Trinajstić information content (AvgIpc) is 2.86. The molecule has 0 spiro atoms. The number of nitrogens with zero attached hydrogens (tertiary/aromatic N) is 1. The molecule has 0 bridgehead atoms. The lowest BCUT2D eigenvalue weighted by Crippen LogP contribution is -1.98. The first-order chi connectivity index (χ1) is 16.2. The normalized spacial score (nSPS) is 10.6. The molecule has 0 aliphatic rings. The standard InChI is InChI=1S/C29H30N2O2/c1-4-21-7-11-24(12-8-21)31-25-13-9-22(10-14-25)23-17-18-30-28(19-23)27-16-15-26(32-5-2)20-29(27)33-6-3/h7-20,31H,4-6H2,1-3H3. The molecule has 4 rings (SSSR count). The molecule has 0 radical (unpaired) electrons. The number of rotatable bonds is 9. The van der Waals surface area contributed by atoms with Crippen LogP contribution < -0.4 is 14.8 Å². The number of hydrogen-bond donors (Lipinski definition) is 1. The molecule has 1 N–H and O–H groups in total. The van der Waals surface area contributed by atoms with E-state index in [4.69, 9.17) is 9.47 Å². The number of aromatic nitrogens is 1. The molecule has 0 aliphatic carbocycles. The number of aryl methyl sites for hydroxylation is 1. The molecule has 1 heterocycles. The Kier molecular flexibility index (Phi) is 7.26. The molecule has 0 fully saturated rings. The minimum absolute atomic E-state index is 0.581. The molecule has 0 saturated heterocycles. The molecular formula is C29H30N2O2. The molecule has 168 valence electrons. The summed E-state index contributed by atoms with van der Waals surface area (Å²) in [4.78, 5) is 4.61. The number of ether oxygens (including phenoxy) is 2. The van der Waals surface area contributed by atoms with E-state index in [1.807, 2.05) is 44.3 Å². The summed E-state index contributed by atoms with van der Waals surface area (Å²) in [5, 5.41) is 3.47. The van der Waals surface area contributed by atoms with E-state index >= 15 is 0 Å². The first-order valence-electron chi connectivity index (χ1n) is 11.5. The third-order valence-corrected chi connectivity index (χ3v) is 5.47. The summed E-state index contributed by atoms with van der Waals surface area (Å²) in [5.74, 6) is 1.58. The van der Waals surface area contributed by atoms with Crippen molar-refractivity contribution in [3.63, 3.8) is 0 Å². The van der Waals surface area contributed by atoms with E-state index in [9.17, 15) is 0 Å². The van der Waals surface area contributed by atoms with Crippen molar-refractivity contribution in [1.29, 1.82) is 0 Å². The Morgan fingerprint density at radius 1 is 0.697 bits per heavy atom. The monoisotopic (exact) mass is 438 g/mol. The zero-order valence-corrected chi connectivity index (χ0v) is 19.5. The molecular weight excluding hydrogens is 408 g/mol. The third-order valence-electron chi connectivity index (χ3n) is 5.47. The van der Waals surface area contributed by atoms with Crippen molar-refractivity contribution in [2.45, 2.75) is 27.2 Å². The van der Waals surface area contributed by atoms with Crippen LogP contribution in [0, 0.1) is 0 Å². The van der Waals surface area contributed by atoms with Crippen LogP contribution >= 0.6 is 0 Å². The highest BCUT2D eigenvalue weighted by Gasteiger charge is 2.11. The largest absolute Gasteiger partial charge is 0.494 e. The zero-order valence-electron chi connectivity index (χ0n) is 19.5. The number of hydrogen-bond acceptors (Lipinski definition) is 4. The van der Waals surface area contributed by atoms with E-state index in [1.54, 1.807) is 0 Å². The number of anilines is 2. The second-order valence-electron chi connectivity index (χ2n) is 7.71. The van der Waals surface area contributed by atoms with Crippen LogP contribution in [0.1, 0.15) is 26.3 Å². The Labute approximate surface area is 196 Å². The van der Waals surface area contributed by atoms with E-state index in [-0.39, 0.29) is 0 Å². The van der Waals surface area contributed by atoms with Crippen LogP contribution in [0.4, 0.5) is 11.4 Å². The summed E-state index contributed by atoms with van der Waals surface area (Å²) >= 11 is 0. The van der Waals surface area contributed by atoms with Crippen molar-refractivity contribution in [2.24, 2.45) is 0 Å². The van der Waals surface area contributed by atoms with Crippen molar-refractivity contribution in [3.05, 3.63) is 90.6 Å².